The fourth-order valence-corrected chi connectivity index (χ4v) is 7.84. The number of rotatable bonds is 7. The van der Waals surface area contributed by atoms with Crippen LogP contribution in [-0.2, 0) is 16.4 Å². The number of allylic oxidation sites excluding steroid dienone is 1. The van der Waals surface area contributed by atoms with Crippen LogP contribution in [0.25, 0.3) is 38.2 Å². The molecule has 0 aliphatic heterocycles. The Balaban J connectivity index is 1.39. The highest BCUT2D eigenvalue weighted by Gasteiger charge is 2.23. The van der Waals surface area contributed by atoms with Gasteiger partial charge in [0.1, 0.15) is 17.1 Å². The Hall–Kier alpha value is -4.32. The highest BCUT2D eigenvalue weighted by Crippen LogP contribution is 2.42. The van der Waals surface area contributed by atoms with Crippen LogP contribution in [0, 0.1) is 0 Å². The summed E-state index contributed by atoms with van der Waals surface area (Å²) in [4.78, 5) is 6.16. The van der Waals surface area contributed by atoms with Crippen LogP contribution in [0.2, 0.25) is 0 Å². The average molecular weight is 582 g/mol. The number of pyridine rings is 1. The van der Waals surface area contributed by atoms with Gasteiger partial charge in [0.2, 0.25) is 10.0 Å². The van der Waals surface area contributed by atoms with Gasteiger partial charge in [-0.1, -0.05) is 59.8 Å². The van der Waals surface area contributed by atoms with E-state index < -0.39 is 10.0 Å². The molecule has 0 bridgehead atoms. The van der Waals surface area contributed by atoms with Gasteiger partial charge in [-0.05, 0) is 50.5 Å². The number of nitrogens with two attached hydrogens (primary N) is 1. The van der Waals surface area contributed by atoms with Gasteiger partial charge < -0.3 is 5.84 Å². The minimum Gasteiger partial charge on any atom is -0.305 e. The normalized spacial score (nSPS) is 13.7. The van der Waals surface area contributed by atoms with E-state index in [1.165, 1.54) is 26.6 Å². The molecule has 11 heteroatoms. The van der Waals surface area contributed by atoms with Gasteiger partial charge in [0.25, 0.3) is 0 Å². The summed E-state index contributed by atoms with van der Waals surface area (Å²) in [6.07, 6.45) is 8.23. The monoisotopic (exact) mass is 581 g/mol. The van der Waals surface area contributed by atoms with Crippen LogP contribution < -0.4 is 10.6 Å². The lowest BCUT2D eigenvalue weighted by Gasteiger charge is -2.14. The van der Waals surface area contributed by atoms with Gasteiger partial charge in [-0.15, -0.1) is 26.7 Å². The maximum atomic E-state index is 13.2. The molecule has 0 fully saturated rings. The zero-order valence-corrected chi connectivity index (χ0v) is 24.1. The number of nitrogens with one attached hydrogen (secondary N) is 1. The van der Waals surface area contributed by atoms with Crippen LogP contribution in [-0.4, -0.2) is 19.4 Å². The van der Waals surface area contributed by atoms with Gasteiger partial charge in [-0.25, -0.2) is 13.1 Å². The van der Waals surface area contributed by atoms with E-state index in [0.717, 1.165) is 24.1 Å². The van der Waals surface area contributed by atoms with Crippen LogP contribution in [0.4, 0.5) is 17.1 Å². The first kappa shape index (κ1) is 26.9. The third-order valence-electron chi connectivity index (χ3n) is 6.75. The van der Waals surface area contributed by atoms with E-state index in [2.05, 4.69) is 60.6 Å². The predicted molar refractivity (Wildman–Crippen MR) is 165 cm³/mol. The molecule has 2 aromatic heterocycles. The Morgan fingerprint density at radius 1 is 0.976 bits per heavy atom. The third kappa shape index (κ3) is 5.15. The molecule has 3 aromatic carbocycles. The van der Waals surface area contributed by atoms with E-state index in [-0.39, 0.29) is 16.6 Å². The molecule has 0 amide bonds. The maximum absolute atomic E-state index is 13.2. The molecule has 9 nitrogen and oxygen atoms in total. The third-order valence-corrected chi connectivity index (χ3v) is 9.76. The number of hydrogen-bond acceptors (Lipinski definition) is 8. The fourth-order valence-electron chi connectivity index (χ4n) is 5.04. The number of sulfonamides is 1. The van der Waals surface area contributed by atoms with Gasteiger partial charge in [0.15, 0.2) is 0 Å². The largest absolute Gasteiger partial charge is 0.305 e. The van der Waals surface area contributed by atoms with Crippen molar-refractivity contribution < 1.29 is 8.42 Å². The summed E-state index contributed by atoms with van der Waals surface area (Å²) in [6, 6.07) is 18.2. The molecule has 0 saturated heterocycles. The second-order valence-electron chi connectivity index (χ2n) is 9.94. The number of nitrogens with zero attached hydrogens (tertiary/aromatic N) is 5. The van der Waals surface area contributed by atoms with Crippen LogP contribution in [0.3, 0.4) is 0 Å². The van der Waals surface area contributed by atoms with E-state index in [4.69, 9.17) is 5.84 Å². The lowest BCUT2D eigenvalue weighted by molar-refractivity contribution is 0.571. The smallest absolute Gasteiger partial charge is 0.241 e. The number of hydrogen-bond donors (Lipinski definition) is 2. The first-order valence-corrected chi connectivity index (χ1v) is 15.4. The summed E-state index contributed by atoms with van der Waals surface area (Å²) in [5.74, 6) is 5.40. The van der Waals surface area contributed by atoms with E-state index in [0.29, 0.717) is 22.1 Å². The predicted octanol–water partition coefficient (Wildman–Crippen LogP) is 8.14. The molecule has 0 spiro atoms. The Morgan fingerprint density at radius 2 is 1.78 bits per heavy atom. The van der Waals surface area contributed by atoms with Crippen LogP contribution in [0.1, 0.15) is 30.7 Å². The molecule has 0 atom stereocenters. The molecule has 2 heterocycles. The van der Waals surface area contributed by atoms with Crippen molar-refractivity contribution in [3.8, 4) is 11.3 Å². The van der Waals surface area contributed by atoms with Gasteiger partial charge >= 0.3 is 0 Å². The number of thiophene rings is 1. The molecule has 41 heavy (non-hydrogen) atoms. The fraction of sp³-hybridized carbons (Fsp3) is 0.167. The summed E-state index contributed by atoms with van der Waals surface area (Å²) >= 11 is 1.83. The van der Waals surface area contributed by atoms with E-state index in [9.17, 15) is 8.42 Å². The molecular weight excluding hydrogens is 555 g/mol. The zero-order chi connectivity index (χ0) is 28.6. The molecule has 0 unspecified atom stereocenters. The first-order valence-electron chi connectivity index (χ1n) is 13.1. The standard InChI is InChI=1S/C30H27N7O2S2/c1-18(2)36-41(38,39)28-16-26(29(35-37-31)22-10-4-3-9-21(22)28)34-33-19-14-15-25(32-17-19)24-12-7-11-23-20-8-5-6-13-27(20)40-30(23)24/h3-5,7-12,14-18,36H,6,13H2,1-2H3,(H2,31,35)/b34-33+. The SMILES string of the molecule is CC(C)NS(=O)(=O)c1cc(/N=N/c2ccc(-c3cccc4c5c(sc34)CCC=C5)nc2)c(N=NN)c2ccccc12. The maximum Gasteiger partial charge on any atom is 0.241 e. The topological polar surface area (TPSA) is 135 Å². The molecular formula is C30H27N7O2S2. The molecule has 206 valence electrons. The van der Waals surface area contributed by atoms with Gasteiger partial charge in [-0.3, -0.25) is 4.98 Å². The van der Waals surface area contributed by atoms with Crippen molar-refractivity contribution in [2.24, 2.45) is 26.4 Å². The van der Waals surface area contributed by atoms with Gasteiger partial charge in [0, 0.05) is 37.3 Å². The zero-order valence-electron chi connectivity index (χ0n) is 22.4. The Labute approximate surface area is 241 Å². The summed E-state index contributed by atoms with van der Waals surface area (Å²) in [5.41, 5.74) is 4.27. The molecule has 3 N–H and O–H groups in total. The molecule has 0 radical (unpaired) electrons. The summed E-state index contributed by atoms with van der Waals surface area (Å²) in [7, 11) is -3.85. The second kappa shape index (κ2) is 10.9. The van der Waals surface area contributed by atoms with Crippen LogP contribution >= 0.6 is 11.3 Å². The average Bonchev–Trinajstić information content (AvgIpc) is 3.35. The van der Waals surface area contributed by atoms with Crippen molar-refractivity contribution >= 4 is 65.4 Å². The lowest BCUT2D eigenvalue weighted by Crippen LogP contribution is -2.30. The van der Waals surface area contributed by atoms with E-state index in [1.54, 1.807) is 44.3 Å². The van der Waals surface area contributed by atoms with Crippen LogP contribution in [0.15, 0.2) is 98.4 Å². The van der Waals surface area contributed by atoms with Crippen molar-refractivity contribution in [3.05, 3.63) is 83.4 Å². The van der Waals surface area contributed by atoms with Gasteiger partial charge in [-0.2, -0.15) is 0 Å². The number of aryl methyl sites for hydroxylation is 1. The van der Waals surface area contributed by atoms with E-state index in [1.807, 2.05) is 23.5 Å². The van der Waals surface area contributed by atoms with Crippen molar-refractivity contribution in [3.63, 3.8) is 0 Å². The minimum atomic E-state index is -3.85. The quantitative estimate of drug-likeness (QED) is 0.114. The number of aromatic nitrogens is 1. The van der Waals surface area contributed by atoms with Crippen molar-refractivity contribution in [2.45, 2.75) is 37.6 Å². The summed E-state index contributed by atoms with van der Waals surface area (Å²) in [5, 5.41) is 18.5. The Bertz CT molecular complexity index is 1980. The Morgan fingerprint density at radius 3 is 2.54 bits per heavy atom. The van der Waals surface area contributed by atoms with Crippen molar-refractivity contribution in [1.82, 2.24) is 9.71 Å². The number of fused-ring (bicyclic) bond motifs is 4. The first-order chi connectivity index (χ1) is 19.9. The van der Waals surface area contributed by atoms with Crippen LogP contribution in [0.5, 0.6) is 0 Å². The lowest BCUT2D eigenvalue weighted by atomic mass is 10.0. The number of benzene rings is 3. The summed E-state index contributed by atoms with van der Waals surface area (Å²) in [6.45, 7) is 3.52. The molecule has 1 aliphatic rings. The molecule has 5 aromatic rings. The molecule has 6 rings (SSSR count). The molecule has 0 saturated carbocycles. The van der Waals surface area contributed by atoms with Crippen molar-refractivity contribution in [2.75, 3.05) is 0 Å². The highest BCUT2D eigenvalue weighted by molar-refractivity contribution is 7.89. The molecule has 1 aliphatic carbocycles. The number of azo groups is 1. The van der Waals surface area contributed by atoms with Gasteiger partial charge in [0.05, 0.1) is 16.8 Å². The van der Waals surface area contributed by atoms with E-state index >= 15 is 0 Å². The summed E-state index contributed by atoms with van der Waals surface area (Å²) < 4.78 is 30.3. The highest BCUT2D eigenvalue weighted by atomic mass is 32.2. The Kier molecular flexibility index (Phi) is 7.16. The van der Waals surface area contributed by atoms with Crippen molar-refractivity contribution in [1.29, 1.82) is 0 Å². The second-order valence-corrected chi connectivity index (χ2v) is 12.7. The minimum absolute atomic E-state index is 0.0711.